The Morgan fingerprint density at radius 1 is 1.83 bits per heavy atom. The zero-order chi connectivity index (χ0) is 4.57. The van der Waals surface area contributed by atoms with Crippen LogP contribution >= 0.6 is 20.1 Å². The third kappa shape index (κ3) is 0.846. The van der Waals surface area contributed by atoms with Crippen LogP contribution in [0.5, 0.6) is 0 Å². The molecule has 0 aromatic heterocycles. The van der Waals surface area contributed by atoms with Crippen LogP contribution in [0.2, 0.25) is 0 Å². The molecule has 0 aliphatic carbocycles. The number of hydrogen-bond acceptors (Lipinski definition) is 1. The van der Waals surface area contributed by atoms with Crippen LogP contribution in [-0.4, -0.2) is 19.1 Å². The molecule has 1 aliphatic heterocycles. The van der Waals surface area contributed by atoms with Gasteiger partial charge in [0, 0.05) is 0 Å². The van der Waals surface area contributed by atoms with E-state index in [1.807, 2.05) is 0 Å². The molecule has 1 fully saturated rings. The summed E-state index contributed by atoms with van der Waals surface area (Å²) in [7, 11) is 0. The molecular weight excluding hydrogens is 189 g/mol. The molecule has 0 aromatic rings. The van der Waals surface area contributed by atoms with Gasteiger partial charge < -0.3 is 0 Å². The van der Waals surface area contributed by atoms with E-state index in [9.17, 15) is 0 Å². The molecule has 1 nitrogen and oxygen atoms in total. The summed E-state index contributed by atoms with van der Waals surface area (Å²) in [5, 5.41) is 0. The summed E-state index contributed by atoms with van der Waals surface area (Å²) in [4.78, 5) is 2.41. The van der Waals surface area contributed by atoms with Crippen LogP contribution in [0.3, 0.4) is 0 Å². The standard InChI is InChI=1S/C4H10IN/c1-3-6-4-5(6)2/h3-4H2,1-2H3. The maximum absolute atomic E-state index is 2.57. The van der Waals surface area contributed by atoms with Crippen molar-refractivity contribution in [2.45, 2.75) is 6.92 Å². The van der Waals surface area contributed by atoms with Crippen molar-refractivity contribution in [3.8, 4) is 0 Å². The van der Waals surface area contributed by atoms with Gasteiger partial charge in [0.15, 0.2) is 0 Å². The molecule has 2 heteroatoms. The average Bonchev–Trinajstić information content (AvgIpc) is 2.19. The second-order valence-corrected chi connectivity index (χ2v) is 6.67. The fourth-order valence-electron chi connectivity index (χ4n) is 0.456. The van der Waals surface area contributed by atoms with Crippen LogP contribution in [0.4, 0.5) is 0 Å². The topological polar surface area (TPSA) is 3.01 Å². The van der Waals surface area contributed by atoms with Gasteiger partial charge in [0.1, 0.15) is 0 Å². The summed E-state index contributed by atoms with van der Waals surface area (Å²) in [5.74, 6) is 0. The van der Waals surface area contributed by atoms with Crippen LogP contribution < -0.4 is 0 Å². The van der Waals surface area contributed by atoms with E-state index in [1.165, 1.54) is 11.1 Å². The summed E-state index contributed by atoms with van der Waals surface area (Å²) in [6.07, 6.45) is 0. The molecule has 1 aliphatic rings. The van der Waals surface area contributed by atoms with E-state index in [0.29, 0.717) is 0 Å². The number of nitrogens with zero attached hydrogens (tertiary/aromatic N) is 1. The van der Waals surface area contributed by atoms with Gasteiger partial charge >= 0.3 is 46.2 Å². The Labute approximate surface area is 46.5 Å². The molecule has 0 bridgehead atoms. The van der Waals surface area contributed by atoms with E-state index in [0.717, 1.165) is 0 Å². The predicted octanol–water partition coefficient (Wildman–Crippen LogP) is 1.33. The summed E-state index contributed by atoms with van der Waals surface area (Å²) in [5.41, 5.74) is 0. The predicted molar refractivity (Wildman–Crippen MR) is 37.2 cm³/mol. The molecule has 0 amide bonds. The molecule has 0 saturated carbocycles. The Morgan fingerprint density at radius 3 is 2.33 bits per heavy atom. The number of hydrogen-bond donors (Lipinski definition) is 0. The van der Waals surface area contributed by atoms with Crippen molar-refractivity contribution in [2.24, 2.45) is 0 Å². The van der Waals surface area contributed by atoms with Crippen LogP contribution in [0.15, 0.2) is 0 Å². The van der Waals surface area contributed by atoms with Gasteiger partial charge in [-0.1, -0.05) is 0 Å². The van der Waals surface area contributed by atoms with Crippen molar-refractivity contribution in [3.05, 3.63) is 0 Å². The van der Waals surface area contributed by atoms with Gasteiger partial charge in [-0.15, -0.1) is 0 Å². The zero-order valence-corrected chi connectivity index (χ0v) is 6.40. The van der Waals surface area contributed by atoms with E-state index in [-0.39, 0.29) is 20.1 Å². The summed E-state index contributed by atoms with van der Waals surface area (Å²) in [6.45, 7) is 3.54. The molecule has 1 saturated heterocycles. The maximum atomic E-state index is 2.57. The fourth-order valence-corrected chi connectivity index (χ4v) is 4.79. The van der Waals surface area contributed by atoms with Gasteiger partial charge in [0.25, 0.3) is 0 Å². The van der Waals surface area contributed by atoms with Gasteiger partial charge in [0.2, 0.25) is 0 Å². The first-order chi connectivity index (χ1) is 2.84. The van der Waals surface area contributed by atoms with E-state index < -0.39 is 0 Å². The van der Waals surface area contributed by atoms with Crippen molar-refractivity contribution in [2.75, 3.05) is 16.0 Å². The molecule has 1 heterocycles. The van der Waals surface area contributed by atoms with Crippen molar-refractivity contribution in [3.63, 3.8) is 0 Å². The van der Waals surface area contributed by atoms with Gasteiger partial charge in [-0.3, -0.25) is 0 Å². The summed E-state index contributed by atoms with van der Waals surface area (Å²) >= 11 is -0.307. The first-order valence-electron chi connectivity index (χ1n) is 2.15. The van der Waals surface area contributed by atoms with Crippen LogP contribution in [0.1, 0.15) is 6.92 Å². The second-order valence-electron chi connectivity index (χ2n) is 1.45. The molecule has 1 rings (SSSR count). The van der Waals surface area contributed by atoms with Crippen molar-refractivity contribution in [1.29, 1.82) is 0 Å². The Bertz CT molecular complexity index is 53.5. The normalized spacial score (nSPS) is 37.0. The fraction of sp³-hybridized carbons (Fsp3) is 1.00. The molecule has 1 unspecified atom stereocenters. The van der Waals surface area contributed by atoms with E-state index in [2.05, 4.69) is 15.0 Å². The number of alkyl halides is 2. The van der Waals surface area contributed by atoms with Gasteiger partial charge in [0.05, 0.1) is 0 Å². The minimum absolute atomic E-state index is 0.307. The molecule has 0 radical (unpaired) electrons. The van der Waals surface area contributed by atoms with Gasteiger partial charge in [-0.05, 0) is 0 Å². The third-order valence-electron chi connectivity index (χ3n) is 0.990. The summed E-state index contributed by atoms with van der Waals surface area (Å²) in [6, 6.07) is 0. The monoisotopic (exact) mass is 199 g/mol. The molecule has 0 N–H and O–H groups in total. The van der Waals surface area contributed by atoms with Crippen molar-refractivity contribution in [1.82, 2.24) is 3.11 Å². The van der Waals surface area contributed by atoms with Crippen molar-refractivity contribution >= 4 is 20.1 Å². The first kappa shape index (κ1) is 4.84. The molecular formula is C4H10IN. The molecule has 0 spiro atoms. The number of halogens is 1. The Hall–Kier alpha value is 0.690. The zero-order valence-electron chi connectivity index (χ0n) is 4.24. The second kappa shape index (κ2) is 1.66. The van der Waals surface area contributed by atoms with E-state index in [4.69, 9.17) is 0 Å². The Kier molecular flexibility index (Phi) is 1.34. The first-order valence-corrected chi connectivity index (χ1v) is 6.80. The molecule has 1 atom stereocenters. The number of rotatable bonds is 1. The van der Waals surface area contributed by atoms with E-state index in [1.54, 1.807) is 0 Å². The average molecular weight is 199 g/mol. The van der Waals surface area contributed by atoms with Gasteiger partial charge in [-0.25, -0.2) is 0 Å². The van der Waals surface area contributed by atoms with Gasteiger partial charge in [-0.2, -0.15) is 0 Å². The quantitative estimate of drug-likeness (QED) is 0.202. The third-order valence-corrected chi connectivity index (χ3v) is 5.37. The van der Waals surface area contributed by atoms with Crippen LogP contribution in [0, 0.1) is 0 Å². The summed E-state index contributed by atoms with van der Waals surface area (Å²) < 4.78 is 4.06. The van der Waals surface area contributed by atoms with Crippen molar-refractivity contribution < 1.29 is 0 Å². The minimum atomic E-state index is -0.307. The Morgan fingerprint density at radius 2 is 2.33 bits per heavy atom. The molecule has 6 heavy (non-hydrogen) atoms. The van der Waals surface area contributed by atoms with E-state index >= 15 is 0 Å². The molecule has 0 aromatic carbocycles. The van der Waals surface area contributed by atoms with Crippen LogP contribution in [-0.2, 0) is 0 Å². The van der Waals surface area contributed by atoms with Crippen LogP contribution in [0.25, 0.3) is 0 Å². The molecule has 38 valence electrons. The SMILES string of the molecule is CCN1CI1C. The Balaban J connectivity index is 2.09.